The zero-order chi connectivity index (χ0) is 39.7. The SMILES string of the molecule is CC1(C)C2CCC1(CS(=O)(=O)O)C(=O)C2.COC(=O)c1ccc2c(C(=Nc3ccc(N(C)C(=O)CN4CCN(C)CC4)cc3)c3ccccc3)c(O)[nH]c2c1. The number of methoxy groups -OCH3 is 1. The molecule has 3 N–H and O–H groups in total. The zero-order valence-corrected chi connectivity index (χ0v) is 32.7. The lowest BCUT2D eigenvalue weighted by Gasteiger charge is -2.35. The lowest BCUT2D eigenvalue weighted by molar-refractivity contribution is -0.128. The van der Waals surface area contributed by atoms with E-state index in [1.165, 1.54) is 7.11 Å². The predicted octanol–water partition coefficient (Wildman–Crippen LogP) is 5.31. The fourth-order valence-electron chi connectivity index (χ4n) is 8.28. The van der Waals surface area contributed by atoms with Gasteiger partial charge >= 0.3 is 5.97 Å². The van der Waals surface area contributed by atoms with Crippen LogP contribution in [0.4, 0.5) is 11.4 Å². The third kappa shape index (κ3) is 8.23. The van der Waals surface area contributed by atoms with Crippen LogP contribution in [0.3, 0.4) is 0 Å². The van der Waals surface area contributed by atoms with Crippen molar-refractivity contribution in [2.24, 2.45) is 21.7 Å². The first-order valence-corrected chi connectivity index (χ1v) is 20.0. The number of aromatic hydroxyl groups is 1. The summed E-state index contributed by atoms with van der Waals surface area (Å²) in [7, 11) is 1.14. The van der Waals surface area contributed by atoms with Gasteiger partial charge in [-0.2, -0.15) is 8.42 Å². The summed E-state index contributed by atoms with van der Waals surface area (Å²) in [5, 5.41) is 11.7. The summed E-state index contributed by atoms with van der Waals surface area (Å²) in [6, 6.07) is 22.2. The third-order valence-electron chi connectivity index (χ3n) is 11.9. The molecular weight excluding hydrogens is 723 g/mol. The number of ketones is 1. The molecule has 7 rings (SSSR count). The summed E-state index contributed by atoms with van der Waals surface area (Å²) in [5.41, 5.74) is 3.22. The highest BCUT2D eigenvalue weighted by atomic mass is 32.2. The summed E-state index contributed by atoms with van der Waals surface area (Å²) in [5.74, 6) is -0.566. The van der Waals surface area contributed by atoms with Gasteiger partial charge < -0.3 is 24.6 Å². The number of carbonyl (C=O) groups excluding carboxylic acids is 3. The van der Waals surface area contributed by atoms with Gasteiger partial charge in [-0.15, -0.1) is 0 Å². The van der Waals surface area contributed by atoms with Crippen molar-refractivity contribution in [3.05, 3.63) is 89.5 Å². The lowest BCUT2D eigenvalue weighted by Crippen LogP contribution is -2.48. The number of hydrogen-bond acceptors (Lipinski definition) is 10. The van der Waals surface area contributed by atoms with Crippen molar-refractivity contribution < 1.29 is 37.2 Å². The van der Waals surface area contributed by atoms with Gasteiger partial charge in [-0.3, -0.25) is 19.0 Å². The Bertz CT molecular complexity index is 2210. The maximum Gasteiger partial charge on any atom is 0.337 e. The van der Waals surface area contributed by atoms with E-state index in [2.05, 4.69) is 21.8 Å². The molecule has 2 atom stereocenters. The van der Waals surface area contributed by atoms with E-state index in [0.717, 1.165) is 49.2 Å². The first kappa shape index (κ1) is 39.8. The molecule has 55 heavy (non-hydrogen) atoms. The number of hydrogen-bond donors (Lipinski definition) is 3. The topological polar surface area (TPSA) is 173 Å². The molecule has 2 unspecified atom stereocenters. The van der Waals surface area contributed by atoms with Crippen LogP contribution in [-0.2, 0) is 24.4 Å². The number of aromatic amines is 1. The van der Waals surface area contributed by atoms with Crippen LogP contribution in [0.2, 0.25) is 0 Å². The minimum Gasteiger partial charge on any atom is -0.494 e. The highest BCUT2D eigenvalue weighted by molar-refractivity contribution is 7.85. The number of aliphatic imine (C=N–C) groups is 1. The van der Waals surface area contributed by atoms with Crippen LogP contribution in [0, 0.1) is 16.7 Å². The van der Waals surface area contributed by atoms with Crippen LogP contribution in [0.1, 0.15) is 54.6 Å². The van der Waals surface area contributed by atoms with E-state index in [4.69, 9.17) is 14.3 Å². The zero-order valence-electron chi connectivity index (χ0n) is 31.9. The maximum absolute atomic E-state index is 12.9. The first-order chi connectivity index (χ1) is 26.0. The number of carbonyl (C=O) groups is 3. The molecule has 3 fully saturated rings. The fourth-order valence-corrected chi connectivity index (χ4v) is 9.58. The molecule has 14 heteroatoms. The summed E-state index contributed by atoms with van der Waals surface area (Å²) in [6.45, 7) is 7.98. The molecule has 3 aliphatic rings. The number of ether oxygens (including phenoxy) is 1. The molecule has 2 saturated carbocycles. The Morgan fingerprint density at radius 1 is 1.00 bits per heavy atom. The molecule has 0 radical (unpaired) electrons. The molecular formula is C41H49N5O8S. The number of esters is 1. The van der Waals surface area contributed by atoms with Crippen molar-refractivity contribution in [2.45, 2.75) is 33.1 Å². The van der Waals surface area contributed by atoms with Crippen molar-refractivity contribution >= 4 is 55.8 Å². The Balaban J connectivity index is 0.000000286. The van der Waals surface area contributed by atoms with Crippen LogP contribution >= 0.6 is 0 Å². The first-order valence-electron chi connectivity index (χ1n) is 18.4. The number of rotatable bonds is 9. The number of amides is 1. The largest absolute Gasteiger partial charge is 0.494 e. The molecule has 1 aliphatic heterocycles. The standard InChI is InChI=1S/C31H33N5O4.C10H16O4S/c1-34-15-17-36(18-16-34)20-27(37)35(2)24-12-10-23(11-13-24)32-29(21-7-5-4-6-8-21)28-25-14-9-22(31(39)40-3)19-26(25)33-30(28)38;1-9(2)7-3-4-10(9,8(11)5-7)6-15(12,13)14/h4-14,19,33,38H,15-18,20H2,1-3H3;7H,3-6H2,1-2H3,(H,12,13,14). The Morgan fingerprint density at radius 2 is 1.67 bits per heavy atom. The predicted molar refractivity (Wildman–Crippen MR) is 212 cm³/mol. The van der Waals surface area contributed by atoms with Gasteiger partial charge in [-0.05, 0) is 67.6 Å². The van der Waals surface area contributed by atoms with Gasteiger partial charge in [0, 0.05) is 61.8 Å². The highest BCUT2D eigenvalue weighted by Crippen LogP contribution is 2.64. The van der Waals surface area contributed by atoms with E-state index in [1.807, 2.05) is 68.4 Å². The molecule has 2 bridgehead atoms. The number of Topliss-reactive ketones (excluding diaryl/α,β-unsaturated/α-hetero) is 1. The van der Waals surface area contributed by atoms with Crippen LogP contribution in [0.15, 0.2) is 77.8 Å². The highest BCUT2D eigenvalue weighted by Gasteiger charge is 2.65. The summed E-state index contributed by atoms with van der Waals surface area (Å²) in [6.07, 6.45) is 1.97. The summed E-state index contributed by atoms with van der Waals surface area (Å²) >= 11 is 0. The molecule has 0 spiro atoms. The maximum atomic E-state index is 12.9. The number of piperazine rings is 1. The van der Waals surface area contributed by atoms with E-state index in [1.54, 1.807) is 30.1 Å². The summed E-state index contributed by atoms with van der Waals surface area (Å²) in [4.78, 5) is 50.9. The Labute approximate surface area is 321 Å². The lowest BCUT2D eigenvalue weighted by atomic mass is 9.70. The number of H-pyrrole nitrogens is 1. The molecule has 1 amide bonds. The molecule has 2 heterocycles. The van der Waals surface area contributed by atoms with Crippen molar-refractivity contribution in [1.82, 2.24) is 14.8 Å². The molecule has 2 aliphatic carbocycles. The minimum atomic E-state index is -4.08. The molecule has 13 nitrogen and oxygen atoms in total. The molecule has 292 valence electrons. The Hall–Kier alpha value is -4.89. The monoisotopic (exact) mass is 771 g/mol. The fraction of sp³-hybridized carbons (Fsp3) is 0.415. The summed E-state index contributed by atoms with van der Waals surface area (Å²) < 4.78 is 35.8. The Kier molecular flexibility index (Phi) is 11.4. The third-order valence-corrected chi connectivity index (χ3v) is 12.7. The minimum absolute atomic E-state index is 0.0152. The average molecular weight is 772 g/mol. The number of nitrogens with zero attached hydrogens (tertiary/aromatic N) is 4. The van der Waals surface area contributed by atoms with Crippen LogP contribution < -0.4 is 4.90 Å². The second-order valence-corrected chi connectivity index (χ2v) is 16.8. The van der Waals surface area contributed by atoms with Gasteiger partial charge in [-0.25, -0.2) is 9.79 Å². The normalized spacial score (nSPS) is 21.3. The molecule has 4 aromatic rings. The van der Waals surface area contributed by atoms with Gasteiger partial charge in [0.1, 0.15) is 5.78 Å². The van der Waals surface area contributed by atoms with Gasteiger partial charge in [0.05, 0.1) is 47.3 Å². The van der Waals surface area contributed by atoms with E-state index >= 15 is 0 Å². The number of anilines is 1. The van der Waals surface area contributed by atoms with E-state index in [-0.39, 0.29) is 28.9 Å². The van der Waals surface area contributed by atoms with Gasteiger partial charge in [0.25, 0.3) is 10.1 Å². The number of likely N-dealkylation sites (N-methyl/N-ethyl adjacent to an activating group) is 2. The van der Waals surface area contributed by atoms with E-state index in [0.29, 0.717) is 47.4 Å². The molecule has 1 saturated heterocycles. The Morgan fingerprint density at radius 3 is 2.25 bits per heavy atom. The van der Waals surface area contributed by atoms with Crippen LogP contribution in [0.5, 0.6) is 5.88 Å². The quantitative estimate of drug-likeness (QED) is 0.115. The van der Waals surface area contributed by atoms with Crippen molar-refractivity contribution in [3.63, 3.8) is 0 Å². The van der Waals surface area contributed by atoms with E-state index in [9.17, 15) is 27.9 Å². The molecule has 1 aromatic heterocycles. The number of aromatic nitrogens is 1. The van der Waals surface area contributed by atoms with Crippen molar-refractivity contribution in [1.29, 1.82) is 0 Å². The van der Waals surface area contributed by atoms with Crippen molar-refractivity contribution in [2.75, 3.05) is 64.6 Å². The van der Waals surface area contributed by atoms with Crippen LogP contribution in [0.25, 0.3) is 10.9 Å². The number of fused-ring (bicyclic) bond motifs is 3. The molecule has 3 aromatic carbocycles. The second kappa shape index (κ2) is 15.7. The average Bonchev–Trinajstić information content (AvgIpc) is 3.68. The smallest absolute Gasteiger partial charge is 0.337 e. The van der Waals surface area contributed by atoms with E-state index < -0.39 is 27.3 Å². The van der Waals surface area contributed by atoms with Gasteiger partial charge in [-0.1, -0.05) is 50.2 Å². The van der Waals surface area contributed by atoms with Crippen molar-refractivity contribution in [3.8, 4) is 5.88 Å². The second-order valence-electron chi connectivity index (χ2n) is 15.4. The number of nitrogens with one attached hydrogen (secondary N) is 1. The van der Waals surface area contributed by atoms with Gasteiger partial charge in [0.2, 0.25) is 5.91 Å². The number of benzene rings is 3. The van der Waals surface area contributed by atoms with Crippen LogP contribution in [-0.4, -0.2) is 116 Å². The van der Waals surface area contributed by atoms with Gasteiger partial charge in [0.15, 0.2) is 5.88 Å².